The molecule has 0 aromatic carbocycles. The van der Waals surface area contributed by atoms with Gasteiger partial charge in [-0.25, -0.2) is 0 Å². The third-order valence-corrected chi connectivity index (χ3v) is 6.27. The summed E-state index contributed by atoms with van der Waals surface area (Å²) in [7, 11) is 0. The van der Waals surface area contributed by atoms with E-state index in [1.165, 1.54) is 31.4 Å². The fourth-order valence-corrected chi connectivity index (χ4v) is 4.97. The molecule has 2 aliphatic carbocycles. The van der Waals surface area contributed by atoms with Crippen molar-refractivity contribution >= 4 is 17.7 Å². The molecule has 2 unspecified atom stereocenters. The Balaban J connectivity index is 1.77. The number of rotatable bonds is 6. The fourth-order valence-electron chi connectivity index (χ4n) is 3.83. The van der Waals surface area contributed by atoms with E-state index in [-0.39, 0.29) is 11.3 Å². The summed E-state index contributed by atoms with van der Waals surface area (Å²) in [5, 5.41) is 4.02. The Labute approximate surface area is 127 Å². The Bertz CT molecular complexity index is 316. The molecule has 0 aromatic rings. The summed E-state index contributed by atoms with van der Waals surface area (Å²) < 4.78 is 0. The van der Waals surface area contributed by atoms with E-state index in [4.69, 9.17) is 5.73 Å². The van der Waals surface area contributed by atoms with Gasteiger partial charge < -0.3 is 11.1 Å². The van der Waals surface area contributed by atoms with E-state index in [9.17, 15) is 4.79 Å². The van der Waals surface area contributed by atoms with Crippen molar-refractivity contribution in [2.75, 3.05) is 12.3 Å². The van der Waals surface area contributed by atoms with E-state index >= 15 is 0 Å². The van der Waals surface area contributed by atoms with Gasteiger partial charge in [-0.1, -0.05) is 26.2 Å². The van der Waals surface area contributed by atoms with Gasteiger partial charge >= 0.3 is 0 Å². The van der Waals surface area contributed by atoms with E-state index in [1.54, 1.807) is 0 Å². The van der Waals surface area contributed by atoms with E-state index in [0.717, 1.165) is 30.9 Å². The van der Waals surface area contributed by atoms with Gasteiger partial charge in [-0.3, -0.25) is 4.79 Å². The topological polar surface area (TPSA) is 55.1 Å². The summed E-state index contributed by atoms with van der Waals surface area (Å²) in [5.74, 6) is 1.42. The molecule has 0 heterocycles. The minimum atomic E-state index is 0.0957. The minimum Gasteiger partial charge on any atom is -0.353 e. The molecule has 0 bridgehead atoms. The fraction of sp³-hybridized carbons (Fsp3) is 0.938. The van der Waals surface area contributed by atoms with Crippen LogP contribution in [0.5, 0.6) is 0 Å². The van der Waals surface area contributed by atoms with E-state index in [2.05, 4.69) is 12.2 Å². The molecule has 2 aliphatic rings. The first-order valence-corrected chi connectivity index (χ1v) is 9.33. The second kappa shape index (κ2) is 7.69. The first-order chi connectivity index (χ1) is 9.67. The first kappa shape index (κ1) is 16.2. The largest absolute Gasteiger partial charge is 0.353 e. The van der Waals surface area contributed by atoms with Crippen molar-refractivity contribution in [3.8, 4) is 0 Å². The van der Waals surface area contributed by atoms with Crippen molar-refractivity contribution in [2.24, 2.45) is 11.1 Å². The highest BCUT2D eigenvalue weighted by molar-refractivity contribution is 7.99. The van der Waals surface area contributed by atoms with Crippen LogP contribution in [0.2, 0.25) is 0 Å². The zero-order chi connectivity index (χ0) is 14.4. The number of carbonyl (C=O) groups is 1. The van der Waals surface area contributed by atoms with Crippen molar-refractivity contribution in [1.82, 2.24) is 5.32 Å². The summed E-state index contributed by atoms with van der Waals surface area (Å²) in [5.41, 5.74) is 6.07. The lowest BCUT2D eigenvalue weighted by atomic mass is 9.71. The molecule has 4 heteroatoms. The zero-order valence-corrected chi connectivity index (χ0v) is 13.6. The maximum atomic E-state index is 12.3. The molecular weight excluding hydrogens is 268 g/mol. The van der Waals surface area contributed by atoms with Crippen molar-refractivity contribution in [3.63, 3.8) is 0 Å². The van der Waals surface area contributed by atoms with Crippen LogP contribution in [0.4, 0.5) is 0 Å². The smallest absolute Gasteiger partial charge is 0.220 e. The summed E-state index contributed by atoms with van der Waals surface area (Å²) in [6, 6.07) is 0.407. The highest BCUT2D eigenvalue weighted by Crippen LogP contribution is 2.38. The number of carbonyl (C=O) groups excluding carboxylic acids is 1. The molecule has 2 saturated carbocycles. The highest BCUT2D eigenvalue weighted by Gasteiger charge is 2.34. The number of hydrogen-bond donors (Lipinski definition) is 2. The van der Waals surface area contributed by atoms with Crippen LogP contribution in [0.15, 0.2) is 0 Å². The van der Waals surface area contributed by atoms with E-state index in [0.29, 0.717) is 19.0 Å². The molecule has 2 atom stereocenters. The lowest BCUT2D eigenvalue weighted by Gasteiger charge is -2.36. The second-order valence-electron chi connectivity index (χ2n) is 6.60. The molecule has 0 saturated heterocycles. The van der Waals surface area contributed by atoms with Gasteiger partial charge in [0.25, 0.3) is 0 Å². The molecule has 0 aliphatic heterocycles. The molecule has 0 radical (unpaired) electrons. The predicted molar refractivity (Wildman–Crippen MR) is 86.9 cm³/mol. The first-order valence-electron chi connectivity index (χ1n) is 8.28. The van der Waals surface area contributed by atoms with Gasteiger partial charge in [0.05, 0.1) is 0 Å². The van der Waals surface area contributed by atoms with Gasteiger partial charge in [-0.05, 0) is 49.8 Å². The second-order valence-corrected chi connectivity index (χ2v) is 8.17. The summed E-state index contributed by atoms with van der Waals surface area (Å²) >= 11 is 2.04. The van der Waals surface area contributed by atoms with E-state index in [1.807, 2.05) is 11.8 Å². The molecule has 1 amide bonds. The van der Waals surface area contributed by atoms with Crippen LogP contribution in [0, 0.1) is 5.41 Å². The van der Waals surface area contributed by atoms with Crippen LogP contribution >= 0.6 is 11.8 Å². The maximum Gasteiger partial charge on any atom is 0.220 e. The molecule has 20 heavy (non-hydrogen) atoms. The lowest BCUT2D eigenvalue weighted by Crippen LogP contribution is -2.41. The Morgan fingerprint density at radius 3 is 2.70 bits per heavy atom. The van der Waals surface area contributed by atoms with Crippen molar-refractivity contribution in [2.45, 2.75) is 76.0 Å². The standard InChI is InChI=1S/C16H30N2OS/c1-2-20-14-7-6-13(10-14)18-15(19)11-16(12-17)8-4-3-5-9-16/h13-14H,2-12,17H2,1H3,(H,18,19). The van der Waals surface area contributed by atoms with Gasteiger partial charge in [0.1, 0.15) is 0 Å². The quantitative estimate of drug-likeness (QED) is 0.792. The van der Waals surface area contributed by atoms with Gasteiger partial charge in [0.2, 0.25) is 5.91 Å². The minimum absolute atomic E-state index is 0.0957. The summed E-state index contributed by atoms with van der Waals surface area (Å²) in [4.78, 5) is 12.3. The number of thioether (sulfide) groups is 1. The van der Waals surface area contributed by atoms with Crippen molar-refractivity contribution < 1.29 is 4.79 Å². The van der Waals surface area contributed by atoms with Crippen LogP contribution in [-0.4, -0.2) is 29.5 Å². The maximum absolute atomic E-state index is 12.3. The Morgan fingerprint density at radius 2 is 2.05 bits per heavy atom. The lowest BCUT2D eigenvalue weighted by molar-refractivity contribution is -0.124. The number of hydrogen-bond acceptors (Lipinski definition) is 3. The monoisotopic (exact) mass is 298 g/mol. The molecule has 2 rings (SSSR count). The van der Waals surface area contributed by atoms with Crippen LogP contribution in [0.1, 0.15) is 64.7 Å². The highest BCUT2D eigenvalue weighted by atomic mass is 32.2. The predicted octanol–water partition coefficient (Wildman–Crippen LogP) is 3.08. The van der Waals surface area contributed by atoms with Gasteiger partial charge in [-0.15, -0.1) is 0 Å². The SMILES string of the molecule is CCSC1CCC(NC(=O)CC2(CN)CCCCC2)C1. The summed E-state index contributed by atoms with van der Waals surface area (Å²) in [6.07, 6.45) is 10.3. The Morgan fingerprint density at radius 1 is 1.30 bits per heavy atom. The molecule has 3 N–H and O–H groups in total. The zero-order valence-electron chi connectivity index (χ0n) is 12.8. The third kappa shape index (κ3) is 4.39. The Kier molecular flexibility index (Phi) is 6.21. The molecule has 2 fully saturated rings. The average molecular weight is 298 g/mol. The van der Waals surface area contributed by atoms with Gasteiger partial charge in [0, 0.05) is 17.7 Å². The third-order valence-electron chi connectivity index (χ3n) is 5.03. The summed E-state index contributed by atoms with van der Waals surface area (Å²) in [6.45, 7) is 2.88. The molecule has 116 valence electrons. The molecule has 3 nitrogen and oxygen atoms in total. The van der Waals surface area contributed by atoms with Gasteiger partial charge in [0.15, 0.2) is 0 Å². The van der Waals surface area contributed by atoms with Crippen LogP contribution < -0.4 is 11.1 Å². The molecule has 0 aromatic heterocycles. The van der Waals surface area contributed by atoms with Crippen LogP contribution in [0.3, 0.4) is 0 Å². The normalized spacial score (nSPS) is 29.3. The van der Waals surface area contributed by atoms with Gasteiger partial charge in [-0.2, -0.15) is 11.8 Å². The van der Waals surface area contributed by atoms with Crippen LogP contribution in [-0.2, 0) is 4.79 Å². The van der Waals surface area contributed by atoms with E-state index < -0.39 is 0 Å². The Hall–Kier alpha value is -0.220. The van der Waals surface area contributed by atoms with Crippen molar-refractivity contribution in [3.05, 3.63) is 0 Å². The molecular formula is C16H30N2OS. The average Bonchev–Trinajstić information content (AvgIpc) is 2.87. The van der Waals surface area contributed by atoms with Crippen molar-refractivity contribution in [1.29, 1.82) is 0 Å². The number of nitrogens with two attached hydrogens (primary N) is 1. The van der Waals surface area contributed by atoms with Crippen LogP contribution in [0.25, 0.3) is 0 Å². The number of nitrogens with one attached hydrogen (secondary N) is 1. The number of amides is 1. The molecule has 0 spiro atoms.